The first kappa shape index (κ1) is 16.4. The molecule has 0 saturated heterocycles. The van der Waals surface area contributed by atoms with Gasteiger partial charge in [0.15, 0.2) is 0 Å². The van der Waals surface area contributed by atoms with Gasteiger partial charge in [-0.15, -0.1) is 0 Å². The van der Waals surface area contributed by atoms with Crippen molar-refractivity contribution in [1.82, 2.24) is 9.97 Å². The molecule has 0 aliphatic carbocycles. The van der Waals surface area contributed by atoms with E-state index in [1.807, 2.05) is 0 Å². The number of aromatic nitrogens is 2. The molecule has 21 heavy (non-hydrogen) atoms. The van der Waals surface area contributed by atoms with Crippen LogP contribution in [0.2, 0.25) is 0 Å². The lowest BCUT2D eigenvalue weighted by atomic mass is 10.0. The second-order valence-electron chi connectivity index (χ2n) is 6.05. The van der Waals surface area contributed by atoms with Crippen LogP contribution in [0.1, 0.15) is 42.1 Å². The zero-order valence-corrected chi connectivity index (χ0v) is 15.4. The van der Waals surface area contributed by atoms with Gasteiger partial charge in [0.1, 0.15) is 10.5 Å². The van der Waals surface area contributed by atoms with Crippen LogP contribution in [-0.2, 0) is 12.8 Å². The van der Waals surface area contributed by atoms with Gasteiger partial charge < -0.3 is 4.98 Å². The number of benzene rings is 1. The second kappa shape index (κ2) is 6.84. The summed E-state index contributed by atoms with van der Waals surface area (Å²) in [6.45, 7) is 8.65. The van der Waals surface area contributed by atoms with E-state index in [-0.39, 0.29) is 0 Å². The summed E-state index contributed by atoms with van der Waals surface area (Å²) < 4.78 is 1.57. The van der Waals surface area contributed by atoms with E-state index < -0.39 is 0 Å². The molecule has 1 heterocycles. The Kier molecular flexibility index (Phi) is 5.33. The summed E-state index contributed by atoms with van der Waals surface area (Å²) >= 11 is 8.92. The first-order chi connectivity index (χ1) is 9.85. The van der Waals surface area contributed by atoms with Gasteiger partial charge >= 0.3 is 0 Å². The van der Waals surface area contributed by atoms with Gasteiger partial charge in [-0.1, -0.05) is 55.4 Å². The van der Waals surface area contributed by atoms with Crippen LogP contribution in [0.25, 0.3) is 0 Å². The lowest BCUT2D eigenvalue weighted by Crippen LogP contribution is -2.05. The van der Waals surface area contributed by atoms with Gasteiger partial charge in [0.2, 0.25) is 0 Å². The van der Waals surface area contributed by atoms with Crippen LogP contribution in [0.5, 0.6) is 0 Å². The second-order valence-corrected chi connectivity index (χ2v) is 7.23. The molecule has 0 bridgehead atoms. The van der Waals surface area contributed by atoms with E-state index >= 15 is 0 Å². The van der Waals surface area contributed by atoms with Crippen molar-refractivity contribution in [2.75, 3.05) is 0 Å². The zero-order valence-electron chi connectivity index (χ0n) is 13.0. The highest BCUT2D eigenvalue weighted by molar-refractivity contribution is 9.10. The highest BCUT2D eigenvalue weighted by Gasteiger charge is 2.09. The highest BCUT2D eigenvalue weighted by atomic mass is 79.9. The maximum absolute atomic E-state index is 5.37. The fraction of sp³-hybridized carbons (Fsp3) is 0.412. The Morgan fingerprint density at radius 1 is 1.19 bits per heavy atom. The Morgan fingerprint density at radius 2 is 1.81 bits per heavy atom. The molecule has 0 radical (unpaired) electrons. The molecule has 0 aliphatic heterocycles. The van der Waals surface area contributed by atoms with Crippen LogP contribution >= 0.6 is 28.1 Å². The summed E-state index contributed by atoms with van der Waals surface area (Å²) in [6, 6.07) is 6.59. The van der Waals surface area contributed by atoms with Gasteiger partial charge in [-0.05, 0) is 47.7 Å². The minimum atomic E-state index is 0.573. The average Bonchev–Trinajstić information content (AvgIpc) is 2.33. The van der Waals surface area contributed by atoms with E-state index in [2.05, 4.69) is 71.8 Å². The van der Waals surface area contributed by atoms with Crippen molar-refractivity contribution in [3.8, 4) is 0 Å². The smallest absolute Gasteiger partial charge is 0.144 e. The predicted octanol–water partition coefficient (Wildman–Crippen LogP) is 5.31. The number of rotatable bonds is 4. The molecule has 2 aromatic rings. The van der Waals surface area contributed by atoms with Crippen molar-refractivity contribution in [2.45, 2.75) is 40.5 Å². The summed E-state index contributed by atoms with van der Waals surface area (Å²) in [4.78, 5) is 7.96. The molecule has 0 amide bonds. The van der Waals surface area contributed by atoms with Gasteiger partial charge in [0, 0.05) is 12.1 Å². The molecular weight excluding hydrogens is 344 g/mol. The first-order valence-electron chi connectivity index (χ1n) is 7.20. The highest BCUT2D eigenvalue weighted by Crippen LogP contribution is 2.20. The molecule has 2 rings (SSSR count). The number of halogens is 1. The fourth-order valence-electron chi connectivity index (χ4n) is 2.55. The van der Waals surface area contributed by atoms with E-state index in [0.29, 0.717) is 10.6 Å². The lowest BCUT2D eigenvalue weighted by Gasteiger charge is -2.11. The normalized spacial score (nSPS) is 11.1. The molecule has 1 N–H and O–H groups in total. The molecule has 0 saturated carbocycles. The third-order valence-electron chi connectivity index (χ3n) is 3.25. The number of aromatic amines is 1. The number of aryl methyl sites for hydroxylation is 2. The average molecular weight is 365 g/mol. The predicted molar refractivity (Wildman–Crippen MR) is 94.4 cm³/mol. The topological polar surface area (TPSA) is 28.7 Å². The third-order valence-corrected chi connectivity index (χ3v) is 4.66. The molecule has 0 fully saturated rings. The van der Waals surface area contributed by atoms with Crippen molar-refractivity contribution < 1.29 is 0 Å². The first-order valence-corrected chi connectivity index (χ1v) is 8.40. The largest absolute Gasteiger partial charge is 0.346 e. The van der Waals surface area contributed by atoms with Crippen LogP contribution in [0.3, 0.4) is 0 Å². The maximum atomic E-state index is 5.37. The Balaban J connectivity index is 2.36. The quantitative estimate of drug-likeness (QED) is 0.744. The van der Waals surface area contributed by atoms with Gasteiger partial charge in [0.05, 0.1) is 4.47 Å². The Bertz CT molecular complexity index is 684. The zero-order chi connectivity index (χ0) is 15.6. The Hall–Kier alpha value is -1.00. The molecule has 1 aromatic heterocycles. The molecule has 1 aromatic carbocycles. The molecule has 0 unspecified atom stereocenters. The third kappa shape index (κ3) is 4.48. The van der Waals surface area contributed by atoms with Crippen LogP contribution in [0, 0.1) is 24.4 Å². The number of hydrogen-bond acceptors (Lipinski definition) is 2. The minimum absolute atomic E-state index is 0.573. The van der Waals surface area contributed by atoms with E-state index in [9.17, 15) is 0 Å². The van der Waals surface area contributed by atoms with Gasteiger partial charge in [0.25, 0.3) is 0 Å². The Morgan fingerprint density at radius 3 is 2.38 bits per heavy atom. The van der Waals surface area contributed by atoms with Gasteiger partial charge in [-0.2, -0.15) is 0 Å². The van der Waals surface area contributed by atoms with Crippen LogP contribution < -0.4 is 0 Å². The van der Waals surface area contributed by atoms with Crippen molar-refractivity contribution >= 4 is 28.1 Å². The number of H-pyrrole nitrogens is 1. The lowest BCUT2D eigenvalue weighted by molar-refractivity contribution is 0.628. The summed E-state index contributed by atoms with van der Waals surface area (Å²) in [5, 5.41) is 0. The van der Waals surface area contributed by atoms with Crippen molar-refractivity contribution in [1.29, 1.82) is 0 Å². The molecular formula is C17H21BrN2S. The van der Waals surface area contributed by atoms with E-state index in [0.717, 1.165) is 28.8 Å². The van der Waals surface area contributed by atoms with Crippen LogP contribution in [0.4, 0.5) is 0 Å². The molecule has 2 nitrogen and oxygen atoms in total. The number of hydrogen-bond donors (Lipinski definition) is 1. The van der Waals surface area contributed by atoms with E-state index in [1.165, 1.54) is 16.7 Å². The van der Waals surface area contributed by atoms with Gasteiger partial charge in [-0.25, -0.2) is 4.98 Å². The molecule has 0 aliphatic rings. The van der Waals surface area contributed by atoms with Crippen molar-refractivity contribution in [3.63, 3.8) is 0 Å². The molecule has 0 spiro atoms. The number of nitrogens with one attached hydrogen (secondary N) is 1. The monoisotopic (exact) mass is 364 g/mol. The van der Waals surface area contributed by atoms with Crippen LogP contribution in [0.15, 0.2) is 22.7 Å². The van der Waals surface area contributed by atoms with Crippen LogP contribution in [-0.4, -0.2) is 9.97 Å². The standard InChI is InChI=1S/C17H21BrN2S/c1-10(2)5-14-16(18)17(21)20-15(19-14)9-13-7-11(3)6-12(4)8-13/h6-8,10H,5,9H2,1-4H3,(H,19,20,21). The van der Waals surface area contributed by atoms with Crippen molar-refractivity contribution in [2.24, 2.45) is 5.92 Å². The minimum Gasteiger partial charge on any atom is -0.346 e. The van der Waals surface area contributed by atoms with E-state index in [4.69, 9.17) is 12.2 Å². The Labute approximate surface area is 140 Å². The van der Waals surface area contributed by atoms with Gasteiger partial charge in [-0.3, -0.25) is 0 Å². The molecule has 0 atom stereocenters. The summed E-state index contributed by atoms with van der Waals surface area (Å²) in [7, 11) is 0. The van der Waals surface area contributed by atoms with Crippen molar-refractivity contribution in [3.05, 3.63) is 55.5 Å². The number of nitrogens with zero attached hydrogens (tertiary/aromatic N) is 1. The van der Waals surface area contributed by atoms with E-state index in [1.54, 1.807) is 0 Å². The summed E-state index contributed by atoms with van der Waals surface area (Å²) in [6.07, 6.45) is 1.75. The summed E-state index contributed by atoms with van der Waals surface area (Å²) in [5.74, 6) is 1.51. The maximum Gasteiger partial charge on any atom is 0.144 e. The SMILES string of the molecule is Cc1cc(C)cc(Cc2nc(=S)c(Br)c(CC(C)C)[nH]2)c1. The molecule has 112 valence electrons. The fourth-order valence-corrected chi connectivity index (χ4v) is 3.14. The molecule has 4 heteroatoms. The summed E-state index contributed by atoms with van der Waals surface area (Å²) in [5.41, 5.74) is 4.97.